The monoisotopic (exact) mass is 287 g/mol. The van der Waals surface area contributed by atoms with Gasteiger partial charge >= 0.3 is 5.97 Å². The van der Waals surface area contributed by atoms with E-state index in [1.807, 2.05) is 13.8 Å². The second kappa shape index (κ2) is 6.25. The maximum Gasteiger partial charge on any atom is 0.341 e. The lowest BCUT2D eigenvalue weighted by molar-refractivity contribution is 0.0525. The summed E-state index contributed by atoms with van der Waals surface area (Å²) >= 11 is 0. The molecule has 0 unspecified atom stereocenters. The molecule has 0 atom stereocenters. The Labute approximate surface area is 122 Å². The Morgan fingerprint density at radius 3 is 2.38 bits per heavy atom. The number of esters is 1. The van der Waals surface area contributed by atoms with E-state index in [9.17, 15) is 4.79 Å². The third kappa shape index (κ3) is 3.71. The number of hydrogen-bond acceptors (Lipinski definition) is 7. The molecule has 0 spiro atoms. The number of rotatable bonds is 5. The summed E-state index contributed by atoms with van der Waals surface area (Å²) in [6.45, 7) is 6.00. The Balaban J connectivity index is 2.11. The van der Waals surface area contributed by atoms with Crippen molar-refractivity contribution < 1.29 is 9.53 Å². The van der Waals surface area contributed by atoms with Gasteiger partial charge in [-0.15, -0.1) is 0 Å². The number of hydrogen-bond donors (Lipinski definition) is 1. The molecule has 2 aromatic rings. The second-order valence-corrected chi connectivity index (χ2v) is 4.89. The summed E-state index contributed by atoms with van der Waals surface area (Å²) in [5.41, 5.74) is 0.790. The van der Waals surface area contributed by atoms with Crippen LogP contribution >= 0.6 is 0 Å². The molecule has 0 aliphatic rings. The van der Waals surface area contributed by atoms with Crippen LogP contribution in [0.5, 0.6) is 0 Å². The molecule has 2 rings (SSSR count). The van der Waals surface area contributed by atoms with Gasteiger partial charge in [0.15, 0.2) is 0 Å². The van der Waals surface area contributed by atoms with Gasteiger partial charge in [0.25, 0.3) is 0 Å². The van der Waals surface area contributed by atoms with Crippen LogP contribution in [0.2, 0.25) is 0 Å². The number of ether oxygens (including phenoxy) is 1. The van der Waals surface area contributed by atoms with Gasteiger partial charge in [-0.3, -0.25) is 0 Å². The van der Waals surface area contributed by atoms with Gasteiger partial charge in [-0.05, 0) is 20.8 Å². The fourth-order valence-corrected chi connectivity index (χ4v) is 1.69. The SMILES string of the molecule is CCOC(=O)c1cnc(NC(C)(C)c2cncnc2)nc1. The van der Waals surface area contributed by atoms with Gasteiger partial charge < -0.3 is 10.1 Å². The Bertz CT molecular complexity index is 599. The third-order valence-electron chi connectivity index (χ3n) is 2.87. The van der Waals surface area contributed by atoms with Crippen molar-refractivity contribution in [2.24, 2.45) is 0 Å². The van der Waals surface area contributed by atoms with Gasteiger partial charge in [0.1, 0.15) is 6.33 Å². The van der Waals surface area contributed by atoms with Crippen molar-refractivity contribution in [3.8, 4) is 0 Å². The summed E-state index contributed by atoms with van der Waals surface area (Å²) in [5.74, 6) is -0.0170. The van der Waals surface area contributed by atoms with Crippen LogP contribution in [-0.2, 0) is 10.3 Å². The van der Waals surface area contributed by atoms with E-state index in [0.29, 0.717) is 18.1 Å². The van der Waals surface area contributed by atoms with Crippen molar-refractivity contribution in [1.82, 2.24) is 19.9 Å². The van der Waals surface area contributed by atoms with Crippen LogP contribution in [0.1, 0.15) is 36.7 Å². The van der Waals surface area contributed by atoms with Crippen molar-refractivity contribution in [1.29, 1.82) is 0 Å². The maximum absolute atomic E-state index is 11.5. The first kappa shape index (κ1) is 14.8. The molecule has 0 amide bonds. The normalized spacial score (nSPS) is 11.0. The molecule has 7 heteroatoms. The van der Waals surface area contributed by atoms with E-state index in [-0.39, 0.29) is 0 Å². The van der Waals surface area contributed by atoms with Crippen molar-refractivity contribution in [3.05, 3.63) is 42.2 Å². The Kier molecular flexibility index (Phi) is 4.42. The summed E-state index contributed by atoms with van der Waals surface area (Å²) in [4.78, 5) is 27.8. The first-order chi connectivity index (χ1) is 10.0. The van der Waals surface area contributed by atoms with Gasteiger partial charge in [0.05, 0.1) is 17.7 Å². The van der Waals surface area contributed by atoms with Gasteiger partial charge in [-0.2, -0.15) is 0 Å². The van der Waals surface area contributed by atoms with Crippen LogP contribution in [0, 0.1) is 0 Å². The molecule has 0 radical (unpaired) electrons. The molecule has 0 saturated carbocycles. The summed E-state index contributed by atoms with van der Waals surface area (Å²) in [7, 11) is 0. The Morgan fingerprint density at radius 2 is 1.81 bits per heavy atom. The van der Waals surface area contributed by atoms with Gasteiger partial charge in [0.2, 0.25) is 5.95 Å². The zero-order valence-corrected chi connectivity index (χ0v) is 12.2. The first-order valence-electron chi connectivity index (χ1n) is 6.56. The van der Waals surface area contributed by atoms with Crippen LogP contribution < -0.4 is 5.32 Å². The minimum Gasteiger partial charge on any atom is -0.462 e. The molecule has 0 fully saturated rings. The van der Waals surface area contributed by atoms with E-state index in [4.69, 9.17) is 4.74 Å². The zero-order chi connectivity index (χ0) is 15.3. The molecule has 0 aromatic carbocycles. The summed E-state index contributed by atoms with van der Waals surface area (Å²) in [6, 6.07) is 0. The van der Waals surface area contributed by atoms with E-state index < -0.39 is 11.5 Å². The average Bonchev–Trinajstić information content (AvgIpc) is 2.49. The Hall–Kier alpha value is -2.57. The average molecular weight is 287 g/mol. The quantitative estimate of drug-likeness (QED) is 0.838. The van der Waals surface area contributed by atoms with E-state index in [1.54, 1.807) is 19.3 Å². The molecule has 2 heterocycles. The fraction of sp³-hybridized carbons (Fsp3) is 0.357. The van der Waals surface area contributed by atoms with Crippen molar-refractivity contribution in [3.63, 3.8) is 0 Å². The van der Waals surface area contributed by atoms with Crippen molar-refractivity contribution >= 4 is 11.9 Å². The smallest absolute Gasteiger partial charge is 0.341 e. The summed E-state index contributed by atoms with van der Waals surface area (Å²) in [5, 5.41) is 3.18. The van der Waals surface area contributed by atoms with Crippen LogP contribution in [-0.4, -0.2) is 32.5 Å². The molecule has 0 bridgehead atoms. The summed E-state index contributed by atoms with van der Waals surface area (Å²) in [6.07, 6.45) is 7.81. The maximum atomic E-state index is 11.5. The van der Waals surface area contributed by atoms with Crippen molar-refractivity contribution in [2.45, 2.75) is 26.3 Å². The number of carbonyl (C=O) groups excluding carboxylic acids is 1. The van der Waals surface area contributed by atoms with Gasteiger partial charge in [-0.25, -0.2) is 24.7 Å². The van der Waals surface area contributed by atoms with Crippen LogP contribution in [0.3, 0.4) is 0 Å². The van der Waals surface area contributed by atoms with E-state index in [2.05, 4.69) is 25.3 Å². The lowest BCUT2D eigenvalue weighted by atomic mass is 9.98. The highest BCUT2D eigenvalue weighted by Crippen LogP contribution is 2.22. The predicted molar refractivity (Wildman–Crippen MR) is 76.7 cm³/mol. The first-order valence-corrected chi connectivity index (χ1v) is 6.56. The number of nitrogens with one attached hydrogen (secondary N) is 1. The van der Waals surface area contributed by atoms with E-state index >= 15 is 0 Å². The van der Waals surface area contributed by atoms with Gasteiger partial charge in [0, 0.05) is 30.4 Å². The predicted octanol–water partition coefficient (Wildman–Crippen LogP) is 1.79. The number of nitrogens with zero attached hydrogens (tertiary/aromatic N) is 4. The second-order valence-electron chi connectivity index (χ2n) is 4.89. The highest BCUT2D eigenvalue weighted by Gasteiger charge is 2.22. The molecule has 7 nitrogen and oxygen atoms in total. The van der Waals surface area contributed by atoms with Crippen LogP contribution in [0.15, 0.2) is 31.1 Å². The van der Waals surface area contributed by atoms with Gasteiger partial charge in [-0.1, -0.05) is 0 Å². The minimum absolute atomic E-state index is 0.319. The summed E-state index contributed by atoms with van der Waals surface area (Å²) < 4.78 is 4.88. The van der Waals surface area contributed by atoms with Crippen LogP contribution in [0.4, 0.5) is 5.95 Å². The van der Waals surface area contributed by atoms with Crippen molar-refractivity contribution in [2.75, 3.05) is 11.9 Å². The lowest BCUT2D eigenvalue weighted by Gasteiger charge is -2.25. The zero-order valence-electron chi connectivity index (χ0n) is 12.2. The largest absolute Gasteiger partial charge is 0.462 e. The number of aromatic nitrogens is 4. The number of carbonyl (C=O) groups is 1. The Morgan fingerprint density at radius 1 is 1.19 bits per heavy atom. The number of anilines is 1. The highest BCUT2D eigenvalue weighted by molar-refractivity contribution is 5.88. The topological polar surface area (TPSA) is 89.9 Å². The van der Waals surface area contributed by atoms with E-state index in [0.717, 1.165) is 5.56 Å². The van der Waals surface area contributed by atoms with E-state index in [1.165, 1.54) is 18.7 Å². The molecule has 2 aromatic heterocycles. The molecule has 1 N–H and O–H groups in total. The highest BCUT2D eigenvalue weighted by atomic mass is 16.5. The molecule has 0 aliphatic carbocycles. The standard InChI is InChI=1S/C14H17N5O2/c1-4-21-12(20)10-5-17-13(18-6-10)19-14(2,3)11-7-15-9-16-8-11/h5-9H,4H2,1-3H3,(H,17,18,19). The fourth-order valence-electron chi connectivity index (χ4n) is 1.69. The molecule has 0 saturated heterocycles. The third-order valence-corrected chi connectivity index (χ3v) is 2.87. The molecule has 110 valence electrons. The minimum atomic E-state index is -0.438. The van der Waals surface area contributed by atoms with Crippen LogP contribution in [0.25, 0.3) is 0 Å². The molecule has 0 aliphatic heterocycles. The molecular weight excluding hydrogens is 270 g/mol. The lowest BCUT2D eigenvalue weighted by Crippen LogP contribution is -2.29. The molecule has 21 heavy (non-hydrogen) atoms. The molecular formula is C14H17N5O2.